The average Bonchev–Trinajstić information content (AvgIpc) is 3.25. The molecular weight excluding hydrogens is 352 g/mol. The summed E-state index contributed by atoms with van der Waals surface area (Å²) in [5, 5.41) is 19.0. The maximum absolute atomic E-state index is 12.3. The molecule has 27 heavy (non-hydrogen) atoms. The molecule has 9 nitrogen and oxygen atoms in total. The number of para-hydroxylation sites is 1. The van der Waals surface area contributed by atoms with Crippen LogP contribution in [0.15, 0.2) is 53.1 Å². The van der Waals surface area contributed by atoms with E-state index in [-0.39, 0.29) is 12.4 Å². The molecule has 0 unspecified atom stereocenters. The lowest BCUT2D eigenvalue weighted by molar-refractivity contribution is -0.389. The van der Waals surface area contributed by atoms with Crippen LogP contribution in [0.2, 0.25) is 0 Å². The monoisotopic (exact) mass is 366 g/mol. The molecule has 0 bridgehead atoms. The van der Waals surface area contributed by atoms with Crippen LogP contribution in [0, 0.1) is 10.1 Å². The molecule has 4 aromatic rings. The van der Waals surface area contributed by atoms with Gasteiger partial charge >= 0.3 is 5.82 Å². The highest BCUT2D eigenvalue weighted by Crippen LogP contribution is 2.36. The van der Waals surface area contributed by atoms with E-state index in [0.717, 1.165) is 16.4 Å². The zero-order chi connectivity index (χ0) is 19.0. The first-order valence-electron chi connectivity index (χ1n) is 8.02. The van der Waals surface area contributed by atoms with Crippen LogP contribution in [0.3, 0.4) is 0 Å². The molecule has 9 heteroatoms. The number of hydrogen-bond acceptors (Lipinski definition) is 6. The van der Waals surface area contributed by atoms with Crippen molar-refractivity contribution in [3.63, 3.8) is 0 Å². The summed E-state index contributed by atoms with van der Waals surface area (Å²) in [6.45, 7) is -0.171. The lowest BCUT2D eigenvalue weighted by atomic mass is 10.1. The highest BCUT2D eigenvalue weighted by Gasteiger charge is 2.16. The number of nitrogens with zero attached hydrogens (tertiary/aromatic N) is 3. The van der Waals surface area contributed by atoms with Crippen molar-refractivity contribution in [2.45, 2.75) is 6.54 Å². The lowest BCUT2D eigenvalue weighted by Crippen LogP contribution is -2.19. The first-order chi connectivity index (χ1) is 13.0. The van der Waals surface area contributed by atoms with Crippen LogP contribution in [0.5, 0.6) is 5.75 Å². The van der Waals surface area contributed by atoms with Gasteiger partial charge < -0.3 is 24.6 Å². The van der Waals surface area contributed by atoms with E-state index in [0.29, 0.717) is 17.0 Å². The lowest BCUT2D eigenvalue weighted by Gasteiger charge is -2.09. The Balaban J connectivity index is 1.62. The molecule has 2 heterocycles. The minimum absolute atomic E-state index is 0.171. The maximum Gasteiger partial charge on any atom is 0.389 e. The Labute approximate surface area is 152 Å². The van der Waals surface area contributed by atoms with Crippen molar-refractivity contribution in [1.29, 1.82) is 0 Å². The molecule has 0 aliphatic heterocycles. The summed E-state index contributed by atoms with van der Waals surface area (Å²) in [6, 6.07) is 12.3. The number of nitrogens with one attached hydrogen (secondary N) is 1. The molecule has 136 valence electrons. The number of carbonyl (C=O) groups excluding carboxylic acids is 1. The minimum atomic E-state index is -0.618. The third-order valence-corrected chi connectivity index (χ3v) is 4.09. The summed E-state index contributed by atoms with van der Waals surface area (Å²) in [4.78, 5) is 22.4. The van der Waals surface area contributed by atoms with E-state index in [1.165, 1.54) is 24.1 Å². The van der Waals surface area contributed by atoms with Crippen LogP contribution in [-0.2, 0) is 11.3 Å². The summed E-state index contributed by atoms with van der Waals surface area (Å²) in [7, 11) is 1.51. The van der Waals surface area contributed by atoms with Gasteiger partial charge in [0.25, 0.3) is 0 Å². The molecule has 0 saturated carbocycles. The molecule has 0 aliphatic carbocycles. The number of anilines is 1. The van der Waals surface area contributed by atoms with Crippen molar-refractivity contribution in [2.24, 2.45) is 0 Å². The molecule has 0 aliphatic rings. The number of benzene rings is 2. The number of methoxy groups -OCH3 is 1. The first-order valence-corrected chi connectivity index (χ1v) is 8.02. The SMILES string of the molecule is COc1cc2c(cc1NC(=O)Cn1ccc([N+](=O)[O-])n1)oc1ccccc12. The third-order valence-electron chi connectivity index (χ3n) is 4.09. The molecule has 0 spiro atoms. The smallest absolute Gasteiger partial charge is 0.389 e. The van der Waals surface area contributed by atoms with Gasteiger partial charge in [-0.05, 0) is 17.1 Å². The van der Waals surface area contributed by atoms with Crippen molar-refractivity contribution < 1.29 is 18.9 Å². The van der Waals surface area contributed by atoms with Crippen LogP contribution < -0.4 is 10.1 Å². The second kappa shape index (κ2) is 6.45. The van der Waals surface area contributed by atoms with Gasteiger partial charge in [0.05, 0.1) is 30.2 Å². The molecular formula is C18H14N4O5. The van der Waals surface area contributed by atoms with E-state index in [1.807, 2.05) is 24.3 Å². The second-order valence-electron chi connectivity index (χ2n) is 5.82. The summed E-state index contributed by atoms with van der Waals surface area (Å²) in [5.41, 5.74) is 1.79. The molecule has 0 saturated heterocycles. The molecule has 0 atom stereocenters. The molecule has 0 radical (unpaired) electrons. The maximum atomic E-state index is 12.3. The fourth-order valence-electron chi connectivity index (χ4n) is 2.89. The molecule has 1 amide bonds. The van der Waals surface area contributed by atoms with Crippen LogP contribution in [-0.4, -0.2) is 27.7 Å². The standard InChI is InChI=1S/C18H14N4O5/c1-26-16-8-12-11-4-2-3-5-14(11)27-15(12)9-13(16)19-18(23)10-21-7-6-17(20-21)22(24)25/h2-9H,10H2,1H3,(H,19,23). The highest BCUT2D eigenvalue weighted by atomic mass is 16.6. The Morgan fingerprint density at radius 2 is 2.07 bits per heavy atom. The summed E-state index contributed by atoms with van der Waals surface area (Å²) in [5.74, 6) is -0.236. The van der Waals surface area contributed by atoms with Crippen LogP contribution >= 0.6 is 0 Å². The van der Waals surface area contributed by atoms with Gasteiger partial charge in [-0.15, -0.1) is 0 Å². The van der Waals surface area contributed by atoms with Crippen LogP contribution in [0.25, 0.3) is 21.9 Å². The van der Waals surface area contributed by atoms with Gasteiger partial charge in [-0.25, -0.2) is 0 Å². The summed E-state index contributed by atoms with van der Waals surface area (Å²) < 4.78 is 12.4. The normalized spacial score (nSPS) is 11.0. The predicted molar refractivity (Wildman–Crippen MR) is 97.8 cm³/mol. The molecule has 4 rings (SSSR count). The number of hydrogen-bond donors (Lipinski definition) is 1. The van der Waals surface area contributed by atoms with Crippen molar-refractivity contribution in [2.75, 3.05) is 12.4 Å². The van der Waals surface area contributed by atoms with Gasteiger partial charge in [0.15, 0.2) is 0 Å². The van der Waals surface area contributed by atoms with E-state index >= 15 is 0 Å². The Hall–Kier alpha value is -3.88. The second-order valence-corrected chi connectivity index (χ2v) is 5.82. The third kappa shape index (κ3) is 3.06. The van der Waals surface area contributed by atoms with Crippen molar-refractivity contribution in [1.82, 2.24) is 9.78 Å². The Morgan fingerprint density at radius 3 is 2.81 bits per heavy atom. The van der Waals surface area contributed by atoms with Gasteiger partial charge in [-0.2, -0.15) is 4.68 Å². The summed E-state index contributed by atoms with van der Waals surface area (Å²) >= 11 is 0. The van der Waals surface area contributed by atoms with Gasteiger partial charge in [0, 0.05) is 16.8 Å². The van der Waals surface area contributed by atoms with Gasteiger partial charge in [-0.3, -0.25) is 4.79 Å². The Morgan fingerprint density at radius 1 is 1.26 bits per heavy atom. The predicted octanol–water partition coefficient (Wildman–Crippen LogP) is 3.34. The number of nitro groups is 1. The fraction of sp³-hybridized carbons (Fsp3) is 0.111. The van der Waals surface area contributed by atoms with Crippen LogP contribution in [0.4, 0.5) is 11.5 Å². The number of aromatic nitrogens is 2. The van der Waals surface area contributed by atoms with Gasteiger partial charge in [0.2, 0.25) is 5.91 Å². The van der Waals surface area contributed by atoms with Crippen LogP contribution in [0.1, 0.15) is 0 Å². The van der Waals surface area contributed by atoms with Crippen molar-refractivity contribution in [3.05, 3.63) is 58.8 Å². The van der Waals surface area contributed by atoms with E-state index in [4.69, 9.17) is 9.15 Å². The molecule has 0 fully saturated rings. The number of carbonyl (C=O) groups is 1. The van der Waals surface area contributed by atoms with Crippen molar-refractivity contribution in [3.8, 4) is 5.75 Å². The van der Waals surface area contributed by atoms with E-state index in [1.54, 1.807) is 12.1 Å². The summed E-state index contributed by atoms with van der Waals surface area (Å²) in [6.07, 6.45) is 1.37. The quantitative estimate of drug-likeness (QED) is 0.428. The Bertz CT molecular complexity index is 1180. The van der Waals surface area contributed by atoms with Gasteiger partial charge in [0.1, 0.15) is 23.5 Å². The first kappa shape index (κ1) is 16.6. The number of rotatable bonds is 5. The minimum Gasteiger partial charge on any atom is -0.495 e. The topological polar surface area (TPSA) is 112 Å². The van der Waals surface area contributed by atoms with Gasteiger partial charge in [-0.1, -0.05) is 18.2 Å². The average molecular weight is 366 g/mol. The van der Waals surface area contributed by atoms with E-state index < -0.39 is 10.8 Å². The number of furan rings is 1. The van der Waals surface area contributed by atoms with E-state index in [9.17, 15) is 14.9 Å². The fourth-order valence-corrected chi connectivity index (χ4v) is 2.89. The highest BCUT2D eigenvalue weighted by molar-refractivity contribution is 6.07. The molecule has 1 N–H and O–H groups in total. The largest absolute Gasteiger partial charge is 0.495 e. The molecule has 2 aromatic heterocycles. The number of amides is 1. The molecule has 2 aromatic carbocycles. The Kier molecular flexibility index (Phi) is 3.96. The zero-order valence-corrected chi connectivity index (χ0v) is 14.2. The zero-order valence-electron chi connectivity index (χ0n) is 14.2. The van der Waals surface area contributed by atoms with E-state index in [2.05, 4.69) is 10.4 Å². The number of fused-ring (bicyclic) bond motifs is 3. The number of ether oxygens (including phenoxy) is 1. The van der Waals surface area contributed by atoms with Crippen molar-refractivity contribution >= 4 is 39.4 Å².